The number of ether oxygens (including phenoxy) is 1. The minimum Gasteiger partial charge on any atom is -0.477 e. The molecule has 138 valence electrons. The Labute approximate surface area is 149 Å². The van der Waals surface area contributed by atoms with Gasteiger partial charge in [0.2, 0.25) is 5.78 Å². The second-order valence-corrected chi connectivity index (χ2v) is 6.66. The summed E-state index contributed by atoms with van der Waals surface area (Å²) in [6, 6.07) is 2.83. The molecule has 0 fully saturated rings. The standard InChI is InChI=1S/C16H12ClF3N2O4/c1-15(2)13(24)11-7(17)4-5-8(12(11)26-15)22-10(23)6-9(16(18,19)20)21(3)14(22)25/h4-6H,1-3H3. The maximum Gasteiger partial charge on any atom is 0.431 e. The van der Waals surface area contributed by atoms with Gasteiger partial charge in [-0.05, 0) is 26.0 Å². The number of fused-ring (bicyclic) bond motifs is 1. The lowest BCUT2D eigenvalue weighted by molar-refractivity contribution is -0.144. The van der Waals surface area contributed by atoms with Crippen LogP contribution in [0.4, 0.5) is 13.2 Å². The molecule has 0 unspecified atom stereocenters. The quantitative estimate of drug-likeness (QED) is 0.753. The van der Waals surface area contributed by atoms with E-state index < -0.39 is 34.5 Å². The summed E-state index contributed by atoms with van der Waals surface area (Å²) < 4.78 is 45.3. The number of Topliss-reactive ketones (excluding diaryl/α,β-unsaturated/α-hetero) is 1. The van der Waals surface area contributed by atoms with Crippen LogP contribution in [-0.2, 0) is 13.2 Å². The number of ketones is 1. The van der Waals surface area contributed by atoms with E-state index in [0.717, 1.165) is 7.05 Å². The third-order valence-corrected chi connectivity index (χ3v) is 4.38. The Morgan fingerprint density at radius 1 is 1.15 bits per heavy atom. The van der Waals surface area contributed by atoms with E-state index in [2.05, 4.69) is 0 Å². The van der Waals surface area contributed by atoms with Gasteiger partial charge in [-0.15, -0.1) is 0 Å². The Morgan fingerprint density at radius 2 is 1.77 bits per heavy atom. The van der Waals surface area contributed by atoms with Crippen molar-refractivity contribution in [3.05, 3.63) is 55.3 Å². The highest BCUT2D eigenvalue weighted by molar-refractivity contribution is 6.35. The molecular formula is C16H12ClF3N2O4. The van der Waals surface area contributed by atoms with Crippen LogP contribution >= 0.6 is 11.6 Å². The molecule has 1 aromatic heterocycles. The van der Waals surface area contributed by atoms with Gasteiger partial charge >= 0.3 is 11.9 Å². The molecule has 2 aromatic rings. The van der Waals surface area contributed by atoms with Crippen molar-refractivity contribution in [2.75, 3.05) is 0 Å². The Bertz CT molecular complexity index is 1070. The molecule has 1 aliphatic heterocycles. The van der Waals surface area contributed by atoms with Crippen LogP contribution in [0.1, 0.15) is 29.9 Å². The van der Waals surface area contributed by atoms with Gasteiger partial charge in [0.05, 0.1) is 16.3 Å². The fourth-order valence-corrected chi connectivity index (χ4v) is 3.00. The predicted molar refractivity (Wildman–Crippen MR) is 86.3 cm³/mol. The van der Waals surface area contributed by atoms with E-state index in [1.807, 2.05) is 0 Å². The lowest BCUT2D eigenvalue weighted by Crippen LogP contribution is -2.41. The van der Waals surface area contributed by atoms with E-state index in [1.54, 1.807) is 0 Å². The van der Waals surface area contributed by atoms with Crippen molar-refractivity contribution in [1.82, 2.24) is 9.13 Å². The first-order chi connectivity index (χ1) is 11.9. The summed E-state index contributed by atoms with van der Waals surface area (Å²) in [6.45, 7) is 2.95. The molecule has 6 nitrogen and oxygen atoms in total. The Hall–Kier alpha value is -2.55. The van der Waals surface area contributed by atoms with Gasteiger partial charge in [0.25, 0.3) is 5.56 Å². The lowest BCUT2D eigenvalue weighted by Gasteiger charge is -2.18. The number of alkyl halides is 3. The van der Waals surface area contributed by atoms with Gasteiger partial charge in [-0.1, -0.05) is 11.6 Å². The average Bonchev–Trinajstić information content (AvgIpc) is 2.75. The largest absolute Gasteiger partial charge is 0.477 e. The third-order valence-electron chi connectivity index (χ3n) is 4.07. The van der Waals surface area contributed by atoms with Crippen molar-refractivity contribution in [1.29, 1.82) is 0 Å². The monoisotopic (exact) mass is 388 g/mol. The van der Waals surface area contributed by atoms with E-state index in [-0.39, 0.29) is 22.0 Å². The number of nitrogens with zero attached hydrogens (tertiary/aromatic N) is 2. The van der Waals surface area contributed by atoms with Crippen LogP contribution in [0.3, 0.4) is 0 Å². The molecule has 1 aliphatic rings. The van der Waals surface area contributed by atoms with Gasteiger partial charge in [0.1, 0.15) is 5.69 Å². The third kappa shape index (κ3) is 2.54. The topological polar surface area (TPSA) is 70.3 Å². The molecule has 1 aromatic carbocycles. The molecule has 0 aliphatic carbocycles. The first-order valence-corrected chi connectivity index (χ1v) is 7.71. The Kier molecular flexibility index (Phi) is 3.84. The van der Waals surface area contributed by atoms with Crippen LogP contribution in [-0.4, -0.2) is 20.5 Å². The molecule has 0 radical (unpaired) electrons. The number of benzene rings is 1. The van der Waals surface area contributed by atoms with E-state index in [9.17, 15) is 27.6 Å². The molecule has 0 saturated heterocycles. The number of carbonyl (C=O) groups excluding carboxylic acids is 1. The molecule has 0 N–H and O–H groups in total. The number of carbonyl (C=O) groups is 1. The predicted octanol–water partition coefficient (Wildman–Crippen LogP) is 2.56. The molecule has 26 heavy (non-hydrogen) atoms. The summed E-state index contributed by atoms with van der Waals surface area (Å²) in [5.41, 5.74) is -5.28. The number of hydrogen-bond donors (Lipinski definition) is 0. The number of hydrogen-bond acceptors (Lipinski definition) is 4. The van der Waals surface area contributed by atoms with Gasteiger partial charge in [-0.25, -0.2) is 9.36 Å². The van der Waals surface area contributed by atoms with Crippen molar-refractivity contribution >= 4 is 17.4 Å². The Morgan fingerprint density at radius 3 is 2.35 bits per heavy atom. The SMILES string of the molecule is Cn1c(C(F)(F)F)cc(=O)n(-c2ccc(Cl)c3c2OC(C)(C)C3=O)c1=O. The van der Waals surface area contributed by atoms with Crippen molar-refractivity contribution in [3.63, 3.8) is 0 Å². The lowest BCUT2D eigenvalue weighted by atomic mass is 9.99. The van der Waals surface area contributed by atoms with Crippen LogP contribution in [0.5, 0.6) is 5.75 Å². The van der Waals surface area contributed by atoms with E-state index in [4.69, 9.17) is 16.3 Å². The molecule has 2 heterocycles. The average molecular weight is 389 g/mol. The minimum absolute atomic E-state index is 0.0250. The van der Waals surface area contributed by atoms with E-state index >= 15 is 0 Å². The highest BCUT2D eigenvalue weighted by Crippen LogP contribution is 2.42. The van der Waals surface area contributed by atoms with Crippen molar-refractivity contribution in [2.45, 2.75) is 25.6 Å². The van der Waals surface area contributed by atoms with Crippen molar-refractivity contribution in [2.24, 2.45) is 7.05 Å². The summed E-state index contributed by atoms with van der Waals surface area (Å²) in [5, 5.41) is 0.0520. The molecule has 0 amide bonds. The van der Waals surface area contributed by atoms with Gasteiger partial charge < -0.3 is 4.74 Å². The maximum absolute atomic E-state index is 13.0. The first kappa shape index (κ1) is 18.2. The molecule has 10 heteroatoms. The van der Waals surface area contributed by atoms with Gasteiger partial charge in [0.15, 0.2) is 11.4 Å². The fourth-order valence-electron chi connectivity index (χ4n) is 2.76. The minimum atomic E-state index is -4.87. The molecule has 0 spiro atoms. The molecule has 3 rings (SSSR count). The van der Waals surface area contributed by atoms with Crippen molar-refractivity contribution in [3.8, 4) is 11.4 Å². The molecule has 0 bridgehead atoms. The van der Waals surface area contributed by atoms with Crippen LogP contribution < -0.4 is 16.0 Å². The zero-order chi connectivity index (χ0) is 19.6. The van der Waals surface area contributed by atoms with Gasteiger partial charge in [-0.3, -0.25) is 14.2 Å². The van der Waals surface area contributed by atoms with E-state index in [1.165, 1.54) is 26.0 Å². The highest BCUT2D eigenvalue weighted by atomic mass is 35.5. The molecular weight excluding hydrogens is 377 g/mol. The fraction of sp³-hybridized carbons (Fsp3) is 0.312. The molecule has 0 atom stereocenters. The first-order valence-electron chi connectivity index (χ1n) is 7.33. The zero-order valence-corrected chi connectivity index (χ0v) is 14.5. The second-order valence-electron chi connectivity index (χ2n) is 6.25. The van der Waals surface area contributed by atoms with Crippen LogP contribution in [0.2, 0.25) is 5.02 Å². The van der Waals surface area contributed by atoms with Crippen LogP contribution in [0.25, 0.3) is 5.69 Å². The Balaban J connectivity index is 2.36. The summed E-state index contributed by atoms with van der Waals surface area (Å²) >= 11 is 6.03. The van der Waals surface area contributed by atoms with Crippen molar-refractivity contribution < 1.29 is 22.7 Å². The number of aromatic nitrogens is 2. The van der Waals surface area contributed by atoms with Gasteiger partial charge in [-0.2, -0.15) is 13.2 Å². The summed E-state index contributed by atoms with van der Waals surface area (Å²) in [7, 11) is 0.896. The van der Waals surface area contributed by atoms with Crippen LogP contribution in [0, 0.1) is 0 Å². The highest BCUT2D eigenvalue weighted by Gasteiger charge is 2.43. The van der Waals surface area contributed by atoms with E-state index in [0.29, 0.717) is 15.2 Å². The van der Waals surface area contributed by atoms with Crippen LogP contribution in [0.15, 0.2) is 27.8 Å². The zero-order valence-electron chi connectivity index (χ0n) is 13.8. The number of halogens is 4. The van der Waals surface area contributed by atoms with Gasteiger partial charge in [0, 0.05) is 13.1 Å². The second kappa shape index (κ2) is 5.47. The summed E-state index contributed by atoms with van der Waals surface area (Å²) in [4.78, 5) is 37.1. The number of rotatable bonds is 1. The summed E-state index contributed by atoms with van der Waals surface area (Å²) in [6.07, 6.45) is -4.87. The molecule has 0 saturated carbocycles. The summed E-state index contributed by atoms with van der Waals surface area (Å²) in [5.74, 6) is -0.581. The smallest absolute Gasteiger partial charge is 0.431 e. The normalized spacial score (nSPS) is 15.7. The maximum atomic E-state index is 13.0.